The van der Waals surface area contributed by atoms with Crippen molar-refractivity contribution in [2.75, 3.05) is 12.5 Å². The highest BCUT2D eigenvalue weighted by Crippen LogP contribution is 2.40. The van der Waals surface area contributed by atoms with Gasteiger partial charge in [0.1, 0.15) is 17.2 Å². The molecule has 0 spiro atoms. The van der Waals surface area contributed by atoms with Gasteiger partial charge in [0.25, 0.3) is 0 Å². The van der Waals surface area contributed by atoms with Gasteiger partial charge in [-0.1, -0.05) is 6.07 Å². The summed E-state index contributed by atoms with van der Waals surface area (Å²) in [7, 11) is 0. The lowest BCUT2D eigenvalue weighted by atomic mass is 10.0. The Hall–Kier alpha value is -0.670. The summed E-state index contributed by atoms with van der Waals surface area (Å²) in [5, 5.41) is 0. The van der Waals surface area contributed by atoms with Crippen molar-refractivity contribution >= 4 is 11.6 Å². The SMILES string of the molecule is Fc1ccc(C2(CCl)CO2)c(F)c1. The second kappa shape index (κ2) is 2.93. The molecule has 1 aromatic carbocycles. The van der Waals surface area contributed by atoms with E-state index in [0.29, 0.717) is 12.2 Å². The Balaban J connectivity index is 2.41. The third-order valence-electron chi connectivity index (χ3n) is 2.13. The van der Waals surface area contributed by atoms with Gasteiger partial charge in [-0.15, -0.1) is 11.6 Å². The number of rotatable bonds is 2. The number of halogens is 3. The minimum absolute atomic E-state index is 0.190. The molecule has 2 rings (SSSR count). The third kappa shape index (κ3) is 1.42. The van der Waals surface area contributed by atoms with E-state index < -0.39 is 17.2 Å². The van der Waals surface area contributed by atoms with E-state index in [4.69, 9.17) is 16.3 Å². The van der Waals surface area contributed by atoms with E-state index in [1.807, 2.05) is 0 Å². The highest BCUT2D eigenvalue weighted by atomic mass is 35.5. The molecular formula is C9H7ClF2O. The van der Waals surface area contributed by atoms with Gasteiger partial charge >= 0.3 is 0 Å². The van der Waals surface area contributed by atoms with Crippen LogP contribution in [0.3, 0.4) is 0 Å². The number of ether oxygens (including phenoxy) is 1. The van der Waals surface area contributed by atoms with Crippen molar-refractivity contribution in [3.63, 3.8) is 0 Å². The van der Waals surface area contributed by atoms with Crippen LogP contribution < -0.4 is 0 Å². The molecule has 1 aromatic rings. The Labute approximate surface area is 79.3 Å². The standard InChI is InChI=1S/C9H7ClF2O/c10-4-9(5-13-9)7-2-1-6(11)3-8(7)12/h1-3H,4-5H2. The molecule has 0 saturated carbocycles. The average Bonchev–Trinajstić information content (AvgIpc) is 2.85. The summed E-state index contributed by atoms with van der Waals surface area (Å²) in [6.07, 6.45) is 0. The van der Waals surface area contributed by atoms with Crippen LogP contribution in [0, 0.1) is 11.6 Å². The summed E-state index contributed by atoms with van der Waals surface area (Å²) in [5.74, 6) is -1.000. The van der Waals surface area contributed by atoms with Crippen molar-refractivity contribution < 1.29 is 13.5 Å². The van der Waals surface area contributed by atoms with Gasteiger partial charge < -0.3 is 4.74 Å². The van der Waals surface area contributed by atoms with Crippen molar-refractivity contribution in [2.45, 2.75) is 5.60 Å². The average molecular weight is 205 g/mol. The van der Waals surface area contributed by atoms with E-state index in [1.54, 1.807) is 0 Å². The molecule has 1 atom stereocenters. The first kappa shape index (κ1) is 8.91. The van der Waals surface area contributed by atoms with Gasteiger partial charge in [-0.3, -0.25) is 0 Å². The topological polar surface area (TPSA) is 12.5 Å². The summed E-state index contributed by atoms with van der Waals surface area (Å²) < 4.78 is 30.8. The van der Waals surface area contributed by atoms with E-state index >= 15 is 0 Å². The largest absolute Gasteiger partial charge is 0.363 e. The first-order chi connectivity index (χ1) is 6.18. The van der Waals surface area contributed by atoms with Crippen molar-refractivity contribution in [3.05, 3.63) is 35.4 Å². The zero-order valence-electron chi connectivity index (χ0n) is 6.69. The predicted octanol–water partition coefficient (Wildman–Crippen LogP) is 2.43. The van der Waals surface area contributed by atoms with Crippen molar-refractivity contribution in [3.8, 4) is 0 Å². The molecule has 4 heteroatoms. The van der Waals surface area contributed by atoms with E-state index in [2.05, 4.69) is 0 Å². The van der Waals surface area contributed by atoms with Gasteiger partial charge in [-0.05, 0) is 6.07 Å². The third-order valence-corrected chi connectivity index (χ3v) is 2.56. The molecule has 0 N–H and O–H groups in total. The van der Waals surface area contributed by atoms with Gasteiger partial charge in [-0.25, -0.2) is 8.78 Å². The fourth-order valence-electron chi connectivity index (χ4n) is 1.25. The van der Waals surface area contributed by atoms with Gasteiger partial charge in [-0.2, -0.15) is 0 Å². The lowest BCUT2D eigenvalue weighted by molar-refractivity contribution is 0.324. The van der Waals surface area contributed by atoms with Gasteiger partial charge in [0.15, 0.2) is 0 Å². The van der Waals surface area contributed by atoms with Crippen LogP contribution in [0.1, 0.15) is 5.56 Å². The van der Waals surface area contributed by atoms with Crippen LogP contribution in [0.2, 0.25) is 0 Å². The number of epoxide rings is 1. The monoisotopic (exact) mass is 204 g/mol. The molecule has 1 saturated heterocycles. The minimum atomic E-state index is -0.709. The molecule has 1 heterocycles. The fourth-order valence-corrected chi connectivity index (χ4v) is 1.55. The zero-order chi connectivity index (χ0) is 9.47. The summed E-state index contributed by atoms with van der Waals surface area (Å²) in [6, 6.07) is 3.42. The molecule has 1 fully saturated rings. The number of alkyl halides is 1. The number of hydrogen-bond acceptors (Lipinski definition) is 1. The van der Waals surface area contributed by atoms with Crippen LogP contribution in [0.25, 0.3) is 0 Å². The lowest BCUT2D eigenvalue weighted by Crippen LogP contribution is -2.12. The molecule has 1 nitrogen and oxygen atoms in total. The molecule has 13 heavy (non-hydrogen) atoms. The zero-order valence-corrected chi connectivity index (χ0v) is 7.44. The second-order valence-electron chi connectivity index (χ2n) is 3.04. The maximum absolute atomic E-state index is 13.2. The Morgan fingerprint density at radius 1 is 1.46 bits per heavy atom. The van der Waals surface area contributed by atoms with Crippen LogP contribution in [-0.2, 0) is 10.3 Å². The quantitative estimate of drug-likeness (QED) is 0.533. The van der Waals surface area contributed by atoms with E-state index in [9.17, 15) is 8.78 Å². The predicted molar refractivity (Wildman–Crippen MR) is 44.7 cm³/mol. The van der Waals surface area contributed by atoms with Crippen molar-refractivity contribution in [1.29, 1.82) is 0 Å². The molecular weight excluding hydrogens is 198 g/mol. The van der Waals surface area contributed by atoms with Gasteiger partial charge in [0.2, 0.25) is 0 Å². The molecule has 0 aliphatic carbocycles. The molecule has 0 radical (unpaired) electrons. The summed E-state index contributed by atoms with van der Waals surface area (Å²) in [5.41, 5.74) is -0.372. The molecule has 1 aliphatic rings. The molecule has 0 bridgehead atoms. The molecule has 0 amide bonds. The van der Waals surface area contributed by atoms with Crippen molar-refractivity contribution in [2.24, 2.45) is 0 Å². The summed E-state index contributed by atoms with van der Waals surface area (Å²) in [4.78, 5) is 0. The minimum Gasteiger partial charge on any atom is -0.363 e. The highest BCUT2D eigenvalue weighted by molar-refractivity contribution is 6.18. The van der Waals surface area contributed by atoms with Crippen LogP contribution in [0.4, 0.5) is 8.78 Å². The summed E-state index contributed by atoms with van der Waals surface area (Å²) in [6.45, 7) is 0.402. The first-order valence-corrected chi connectivity index (χ1v) is 4.37. The fraction of sp³-hybridized carbons (Fsp3) is 0.333. The number of benzene rings is 1. The van der Waals surface area contributed by atoms with E-state index in [0.717, 1.165) is 6.07 Å². The van der Waals surface area contributed by atoms with Crippen LogP contribution in [-0.4, -0.2) is 12.5 Å². The molecule has 1 aliphatic heterocycles. The maximum atomic E-state index is 13.2. The Kier molecular flexibility index (Phi) is 2.00. The Morgan fingerprint density at radius 2 is 2.15 bits per heavy atom. The van der Waals surface area contributed by atoms with E-state index in [1.165, 1.54) is 12.1 Å². The smallest absolute Gasteiger partial charge is 0.133 e. The number of hydrogen-bond donors (Lipinski definition) is 0. The Bertz CT molecular complexity index is 336. The maximum Gasteiger partial charge on any atom is 0.133 e. The first-order valence-electron chi connectivity index (χ1n) is 3.83. The van der Waals surface area contributed by atoms with Crippen molar-refractivity contribution in [1.82, 2.24) is 0 Å². The summed E-state index contributed by atoms with van der Waals surface area (Å²) >= 11 is 5.62. The molecule has 0 aromatic heterocycles. The van der Waals surface area contributed by atoms with Crippen LogP contribution in [0.5, 0.6) is 0 Å². The van der Waals surface area contributed by atoms with Crippen LogP contribution in [0.15, 0.2) is 18.2 Å². The van der Waals surface area contributed by atoms with Gasteiger partial charge in [0.05, 0.1) is 12.5 Å². The molecule has 70 valence electrons. The van der Waals surface area contributed by atoms with E-state index in [-0.39, 0.29) is 5.88 Å². The normalized spacial score (nSPS) is 26.1. The second-order valence-corrected chi connectivity index (χ2v) is 3.31. The lowest BCUT2D eigenvalue weighted by Gasteiger charge is -2.08. The Morgan fingerprint density at radius 3 is 2.62 bits per heavy atom. The molecule has 1 unspecified atom stereocenters. The van der Waals surface area contributed by atoms with Crippen LogP contribution >= 0.6 is 11.6 Å². The highest BCUT2D eigenvalue weighted by Gasteiger charge is 2.47. The van der Waals surface area contributed by atoms with Gasteiger partial charge in [0, 0.05) is 11.6 Å².